The predicted molar refractivity (Wildman–Crippen MR) is 74.3 cm³/mol. The van der Waals surface area contributed by atoms with Gasteiger partial charge in [0, 0.05) is 22.2 Å². The van der Waals surface area contributed by atoms with E-state index in [1.54, 1.807) is 17.5 Å². The zero-order chi connectivity index (χ0) is 12.1. The molecule has 5 heteroatoms. The molecular formula is C12H13BrN2OS. The number of thiophene rings is 1. The number of nitrogens with one attached hydrogen (secondary N) is 1. The number of anilines is 1. The van der Waals surface area contributed by atoms with Gasteiger partial charge in [0.15, 0.2) is 0 Å². The van der Waals surface area contributed by atoms with E-state index in [2.05, 4.69) is 32.3 Å². The maximum atomic E-state index is 9.09. The Hall–Kier alpha value is -0.910. The fourth-order valence-corrected chi connectivity index (χ4v) is 2.59. The van der Waals surface area contributed by atoms with Crippen LogP contribution in [-0.4, -0.2) is 16.7 Å². The third-order valence-corrected chi connectivity index (χ3v) is 3.81. The Kier molecular flexibility index (Phi) is 4.53. The van der Waals surface area contributed by atoms with E-state index in [-0.39, 0.29) is 12.6 Å². The summed E-state index contributed by atoms with van der Waals surface area (Å²) in [6.45, 7) is 0.159. The smallest absolute Gasteiger partial charge is 0.126 e. The van der Waals surface area contributed by atoms with E-state index in [0.717, 1.165) is 10.3 Å². The van der Waals surface area contributed by atoms with Gasteiger partial charge < -0.3 is 10.4 Å². The van der Waals surface area contributed by atoms with E-state index in [0.29, 0.717) is 6.42 Å². The van der Waals surface area contributed by atoms with Crippen LogP contribution in [0, 0.1) is 0 Å². The lowest BCUT2D eigenvalue weighted by molar-refractivity contribution is 0.280. The fraction of sp³-hybridized carbons (Fsp3) is 0.250. The molecule has 2 rings (SSSR count). The van der Waals surface area contributed by atoms with Crippen LogP contribution in [0.25, 0.3) is 0 Å². The van der Waals surface area contributed by atoms with Crippen LogP contribution < -0.4 is 5.32 Å². The maximum absolute atomic E-state index is 9.09. The molecule has 0 spiro atoms. The topological polar surface area (TPSA) is 45.1 Å². The molecule has 3 nitrogen and oxygen atoms in total. The molecular weight excluding hydrogens is 300 g/mol. The van der Waals surface area contributed by atoms with Gasteiger partial charge in [0.05, 0.1) is 6.04 Å². The Morgan fingerprint density at radius 3 is 2.88 bits per heavy atom. The Morgan fingerprint density at radius 1 is 1.41 bits per heavy atom. The van der Waals surface area contributed by atoms with E-state index >= 15 is 0 Å². The molecule has 2 N–H and O–H groups in total. The summed E-state index contributed by atoms with van der Waals surface area (Å²) in [4.78, 5) is 5.49. The lowest BCUT2D eigenvalue weighted by Crippen LogP contribution is -2.11. The van der Waals surface area contributed by atoms with Crippen molar-refractivity contribution in [1.82, 2.24) is 4.98 Å². The number of pyridine rings is 1. The number of halogens is 1. The van der Waals surface area contributed by atoms with Crippen LogP contribution in [0.1, 0.15) is 17.3 Å². The highest BCUT2D eigenvalue weighted by atomic mass is 79.9. The van der Waals surface area contributed by atoms with Crippen molar-refractivity contribution in [2.75, 3.05) is 11.9 Å². The summed E-state index contributed by atoms with van der Waals surface area (Å²) in [6, 6.07) is 8.06. The first-order valence-electron chi connectivity index (χ1n) is 5.32. The van der Waals surface area contributed by atoms with Gasteiger partial charge in [-0.15, -0.1) is 11.3 Å². The minimum atomic E-state index is 0.119. The van der Waals surface area contributed by atoms with E-state index in [1.807, 2.05) is 23.6 Å². The molecule has 0 aromatic carbocycles. The molecule has 0 bridgehead atoms. The lowest BCUT2D eigenvalue weighted by Gasteiger charge is -2.16. The minimum Gasteiger partial charge on any atom is -0.396 e. The van der Waals surface area contributed by atoms with E-state index in [4.69, 9.17) is 5.11 Å². The first kappa shape index (κ1) is 12.5. The van der Waals surface area contributed by atoms with Gasteiger partial charge in [-0.25, -0.2) is 4.98 Å². The van der Waals surface area contributed by atoms with Crippen LogP contribution in [0.3, 0.4) is 0 Å². The minimum absolute atomic E-state index is 0.119. The highest BCUT2D eigenvalue weighted by molar-refractivity contribution is 9.10. The molecule has 0 aliphatic carbocycles. The molecule has 0 aliphatic rings. The van der Waals surface area contributed by atoms with Crippen LogP contribution >= 0.6 is 27.3 Å². The molecule has 2 aromatic rings. The SMILES string of the molecule is OCCC(Nc1ccc(Br)cn1)c1cccs1. The summed E-state index contributed by atoms with van der Waals surface area (Å²) in [5, 5.41) is 14.5. The van der Waals surface area contributed by atoms with Gasteiger partial charge in [0.25, 0.3) is 0 Å². The summed E-state index contributed by atoms with van der Waals surface area (Å²) >= 11 is 5.04. The van der Waals surface area contributed by atoms with Crippen molar-refractivity contribution in [3.63, 3.8) is 0 Å². The summed E-state index contributed by atoms with van der Waals surface area (Å²) in [6.07, 6.45) is 2.44. The second-order valence-electron chi connectivity index (χ2n) is 3.59. The third kappa shape index (κ3) is 3.52. The van der Waals surface area contributed by atoms with Gasteiger partial charge >= 0.3 is 0 Å². The quantitative estimate of drug-likeness (QED) is 0.889. The average molecular weight is 313 g/mol. The average Bonchev–Trinajstić information content (AvgIpc) is 2.85. The molecule has 17 heavy (non-hydrogen) atoms. The summed E-state index contributed by atoms with van der Waals surface area (Å²) < 4.78 is 0.956. The number of aliphatic hydroxyl groups is 1. The van der Waals surface area contributed by atoms with Gasteiger partial charge in [0.2, 0.25) is 0 Å². The highest BCUT2D eigenvalue weighted by Crippen LogP contribution is 2.25. The molecule has 0 fully saturated rings. The lowest BCUT2D eigenvalue weighted by atomic mass is 10.2. The molecule has 0 saturated heterocycles. The van der Waals surface area contributed by atoms with Crippen LogP contribution in [0.5, 0.6) is 0 Å². The second kappa shape index (κ2) is 6.14. The van der Waals surface area contributed by atoms with Gasteiger partial charge in [-0.05, 0) is 45.9 Å². The number of hydrogen-bond donors (Lipinski definition) is 2. The first-order chi connectivity index (χ1) is 8.29. The van der Waals surface area contributed by atoms with E-state index in [1.165, 1.54) is 4.88 Å². The standard InChI is InChI=1S/C12H13BrN2OS/c13-9-3-4-12(14-8-9)15-10(5-6-16)11-2-1-7-17-11/h1-4,7-8,10,16H,5-6H2,(H,14,15). The van der Waals surface area contributed by atoms with Crippen molar-refractivity contribution < 1.29 is 5.11 Å². The van der Waals surface area contributed by atoms with Crippen molar-refractivity contribution in [3.8, 4) is 0 Å². The Morgan fingerprint density at radius 2 is 2.29 bits per heavy atom. The number of nitrogens with zero attached hydrogens (tertiary/aromatic N) is 1. The highest BCUT2D eigenvalue weighted by Gasteiger charge is 2.12. The molecule has 0 amide bonds. The molecule has 0 saturated carbocycles. The van der Waals surface area contributed by atoms with Crippen molar-refractivity contribution in [2.24, 2.45) is 0 Å². The zero-order valence-corrected chi connectivity index (χ0v) is 11.5. The fourth-order valence-electron chi connectivity index (χ4n) is 1.54. The number of hydrogen-bond acceptors (Lipinski definition) is 4. The Labute approximate surface area is 113 Å². The maximum Gasteiger partial charge on any atom is 0.126 e. The van der Waals surface area contributed by atoms with Gasteiger partial charge in [-0.2, -0.15) is 0 Å². The van der Waals surface area contributed by atoms with Crippen molar-refractivity contribution in [3.05, 3.63) is 45.2 Å². The number of rotatable bonds is 5. The van der Waals surface area contributed by atoms with E-state index < -0.39 is 0 Å². The zero-order valence-electron chi connectivity index (χ0n) is 9.14. The van der Waals surface area contributed by atoms with Crippen LogP contribution in [-0.2, 0) is 0 Å². The normalized spacial score (nSPS) is 12.4. The number of aromatic nitrogens is 1. The van der Waals surface area contributed by atoms with Gasteiger partial charge in [-0.3, -0.25) is 0 Å². The van der Waals surface area contributed by atoms with E-state index in [9.17, 15) is 0 Å². The molecule has 0 radical (unpaired) electrons. The molecule has 2 heterocycles. The van der Waals surface area contributed by atoms with Crippen LogP contribution in [0.2, 0.25) is 0 Å². The van der Waals surface area contributed by atoms with Crippen molar-refractivity contribution in [2.45, 2.75) is 12.5 Å². The summed E-state index contributed by atoms with van der Waals surface area (Å²) in [5.41, 5.74) is 0. The summed E-state index contributed by atoms with van der Waals surface area (Å²) in [5.74, 6) is 0.819. The van der Waals surface area contributed by atoms with Gasteiger partial charge in [0.1, 0.15) is 5.82 Å². The molecule has 1 unspecified atom stereocenters. The van der Waals surface area contributed by atoms with Crippen molar-refractivity contribution in [1.29, 1.82) is 0 Å². The van der Waals surface area contributed by atoms with Crippen LogP contribution in [0.15, 0.2) is 40.3 Å². The van der Waals surface area contributed by atoms with Crippen LogP contribution in [0.4, 0.5) is 5.82 Å². The molecule has 0 aliphatic heterocycles. The third-order valence-electron chi connectivity index (χ3n) is 2.35. The second-order valence-corrected chi connectivity index (χ2v) is 5.48. The monoisotopic (exact) mass is 312 g/mol. The Bertz CT molecular complexity index is 444. The molecule has 90 valence electrons. The van der Waals surface area contributed by atoms with Gasteiger partial charge in [-0.1, -0.05) is 6.07 Å². The number of aliphatic hydroxyl groups excluding tert-OH is 1. The molecule has 2 aromatic heterocycles. The summed E-state index contributed by atoms with van der Waals surface area (Å²) in [7, 11) is 0. The predicted octanol–water partition coefficient (Wildman–Crippen LogP) is 3.44. The largest absolute Gasteiger partial charge is 0.396 e. The molecule has 1 atom stereocenters. The van der Waals surface area contributed by atoms with Crippen molar-refractivity contribution >= 4 is 33.1 Å². The first-order valence-corrected chi connectivity index (χ1v) is 6.99. The Balaban J connectivity index is 2.10.